The smallest absolute Gasteiger partial charge is 0.323 e. The van der Waals surface area contributed by atoms with Crippen LogP contribution in [0.25, 0.3) is 6.08 Å². The summed E-state index contributed by atoms with van der Waals surface area (Å²) in [7, 11) is 0. The quantitative estimate of drug-likeness (QED) is 0.270. The second-order valence-corrected chi connectivity index (χ2v) is 9.69. The Labute approximate surface area is 221 Å². The maximum Gasteiger partial charge on any atom is 0.323 e. The van der Waals surface area contributed by atoms with Crippen LogP contribution >= 0.6 is 24.0 Å². The Morgan fingerprint density at radius 2 is 1.70 bits per heavy atom. The molecule has 6 nitrogen and oxygen atoms in total. The minimum absolute atomic E-state index is 0.151. The van der Waals surface area contributed by atoms with Gasteiger partial charge in [-0.2, -0.15) is 0 Å². The van der Waals surface area contributed by atoms with Crippen molar-refractivity contribution in [3.63, 3.8) is 0 Å². The average molecular weight is 542 g/mol. The molecule has 0 unspecified atom stereocenters. The number of carboxylic acids is 1. The standard InChI is InChI=1S/C27H21F2NO5S2/c28-20-10-19(11-21(29)14-20)8-9-34-22-7-6-18(12-23(22)35-16-17-4-2-1-3-5-17)13-24-26(33)30(15-25(31)32)27(36)37-24/h1-7,10-14H,8-9,15-16H2,(H,31,32)/b24-13-. The molecule has 0 atom stereocenters. The van der Waals surface area contributed by atoms with Crippen LogP contribution in [0.1, 0.15) is 16.7 Å². The molecule has 190 valence electrons. The minimum atomic E-state index is -1.16. The summed E-state index contributed by atoms with van der Waals surface area (Å²) < 4.78 is 39.0. The lowest BCUT2D eigenvalue weighted by atomic mass is 10.1. The van der Waals surface area contributed by atoms with E-state index in [2.05, 4.69) is 0 Å². The van der Waals surface area contributed by atoms with Gasteiger partial charge in [0.25, 0.3) is 5.91 Å². The van der Waals surface area contributed by atoms with Crippen LogP contribution in [0, 0.1) is 11.6 Å². The van der Waals surface area contributed by atoms with Gasteiger partial charge in [-0.3, -0.25) is 14.5 Å². The number of hydrogen-bond donors (Lipinski definition) is 1. The molecule has 10 heteroatoms. The lowest BCUT2D eigenvalue weighted by Crippen LogP contribution is -2.33. The third kappa shape index (κ3) is 7.14. The molecule has 0 spiro atoms. The number of thiocarbonyl (C=S) groups is 1. The van der Waals surface area contributed by atoms with Crippen molar-refractivity contribution in [2.24, 2.45) is 0 Å². The molecule has 1 fully saturated rings. The number of carbonyl (C=O) groups is 2. The number of hydrogen-bond acceptors (Lipinski definition) is 6. The summed E-state index contributed by atoms with van der Waals surface area (Å²) in [5.74, 6) is -2.11. The van der Waals surface area contributed by atoms with Crippen LogP contribution in [0.2, 0.25) is 0 Å². The highest BCUT2D eigenvalue weighted by atomic mass is 32.2. The van der Waals surface area contributed by atoms with Crippen LogP contribution in [0.15, 0.2) is 71.6 Å². The van der Waals surface area contributed by atoms with Gasteiger partial charge in [-0.05, 0) is 47.0 Å². The van der Waals surface area contributed by atoms with Crippen molar-refractivity contribution in [3.8, 4) is 11.5 Å². The highest BCUT2D eigenvalue weighted by Crippen LogP contribution is 2.35. The van der Waals surface area contributed by atoms with E-state index < -0.39 is 30.1 Å². The second kappa shape index (κ2) is 12.0. The topological polar surface area (TPSA) is 76.1 Å². The van der Waals surface area contributed by atoms with Gasteiger partial charge in [0.1, 0.15) is 29.1 Å². The molecule has 1 amide bonds. The summed E-state index contributed by atoms with van der Waals surface area (Å²) in [5.41, 5.74) is 2.02. The van der Waals surface area contributed by atoms with Crippen molar-refractivity contribution in [3.05, 3.63) is 100.0 Å². The van der Waals surface area contributed by atoms with Gasteiger partial charge < -0.3 is 14.6 Å². The average Bonchev–Trinajstić information content (AvgIpc) is 3.10. The zero-order valence-corrected chi connectivity index (χ0v) is 21.0. The molecule has 0 aromatic heterocycles. The minimum Gasteiger partial charge on any atom is -0.489 e. The molecule has 3 aromatic rings. The Balaban J connectivity index is 1.53. The fourth-order valence-corrected chi connectivity index (χ4v) is 4.79. The van der Waals surface area contributed by atoms with Crippen LogP contribution in [0.4, 0.5) is 8.78 Å². The van der Waals surface area contributed by atoms with Crippen LogP contribution < -0.4 is 9.47 Å². The van der Waals surface area contributed by atoms with Crippen molar-refractivity contribution in [1.29, 1.82) is 0 Å². The first-order chi connectivity index (χ1) is 17.8. The van der Waals surface area contributed by atoms with Crippen LogP contribution in [0.5, 0.6) is 11.5 Å². The van der Waals surface area contributed by atoms with Crippen molar-refractivity contribution < 1.29 is 33.0 Å². The molecular formula is C27H21F2NO5S2. The predicted molar refractivity (Wildman–Crippen MR) is 140 cm³/mol. The molecule has 37 heavy (non-hydrogen) atoms. The van der Waals surface area contributed by atoms with Crippen molar-refractivity contribution >= 4 is 46.3 Å². The van der Waals surface area contributed by atoms with Crippen molar-refractivity contribution in [2.45, 2.75) is 13.0 Å². The third-order valence-corrected chi connectivity index (χ3v) is 6.62. The number of carboxylic acid groups (broad SMARTS) is 1. The Kier molecular flexibility index (Phi) is 8.52. The molecule has 1 heterocycles. The van der Waals surface area contributed by atoms with Crippen LogP contribution in [-0.2, 0) is 22.6 Å². The lowest BCUT2D eigenvalue weighted by molar-refractivity contribution is -0.140. The SMILES string of the molecule is O=C(O)CN1C(=O)/C(=C/c2ccc(OCCc3cc(F)cc(F)c3)c(OCc3ccccc3)c2)SC1=S. The van der Waals surface area contributed by atoms with Gasteiger partial charge in [0.2, 0.25) is 0 Å². The number of ether oxygens (including phenoxy) is 2. The summed E-state index contributed by atoms with van der Waals surface area (Å²) >= 11 is 6.17. The maximum atomic E-state index is 13.5. The zero-order chi connectivity index (χ0) is 26.4. The monoisotopic (exact) mass is 541 g/mol. The molecule has 0 saturated carbocycles. The normalized spacial score (nSPS) is 14.3. The fraction of sp³-hybridized carbons (Fsp3) is 0.148. The summed E-state index contributed by atoms with van der Waals surface area (Å²) in [5, 5.41) is 9.03. The number of nitrogens with zero attached hydrogens (tertiary/aromatic N) is 1. The lowest BCUT2D eigenvalue weighted by Gasteiger charge is -2.14. The van der Waals surface area contributed by atoms with E-state index >= 15 is 0 Å². The Hall–Kier alpha value is -3.76. The number of aliphatic carboxylic acids is 1. The summed E-state index contributed by atoms with van der Waals surface area (Å²) in [4.78, 5) is 25.0. The van der Waals surface area contributed by atoms with E-state index in [1.165, 1.54) is 12.1 Å². The number of carbonyl (C=O) groups excluding carboxylic acids is 1. The summed E-state index contributed by atoms with van der Waals surface area (Å²) in [6, 6.07) is 17.9. The Morgan fingerprint density at radius 1 is 0.973 bits per heavy atom. The van der Waals surface area contributed by atoms with Gasteiger partial charge in [-0.25, -0.2) is 8.78 Å². The van der Waals surface area contributed by atoms with Crippen molar-refractivity contribution in [1.82, 2.24) is 4.90 Å². The summed E-state index contributed by atoms with van der Waals surface area (Å²) in [6.45, 7) is -0.0935. The first kappa shape index (κ1) is 26.3. The molecule has 1 aliphatic heterocycles. The van der Waals surface area contributed by atoms with E-state index in [1.807, 2.05) is 30.3 Å². The molecule has 0 aliphatic carbocycles. The number of rotatable bonds is 10. The van der Waals surface area contributed by atoms with E-state index in [1.54, 1.807) is 24.3 Å². The molecular weight excluding hydrogens is 520 g/mol. The van der Waals surface area contributed by atoms with Gasteiger partial charge >= 0.3 is 5.97 Å². The maximum absolute atomic E-state index is 13.5. The predicted octanol–water partition coefficient (Wildman–Crippen LogP) is 5.45. The first-order valence-electron chi connectivity index (χ1n) is 11.1. The zero-order valence-electron chi connectivity index (χ0n) is 19.4. The number of thioether (sulfide) groups is 1. The van der Waals surface area contributed by atoms with E-state index in [4.69, 9.17) is 26.8 Å². The van der Waals surface area contributed by atoms with Gasteiger partial charge in [0, 0.05) is 12.5 Å². The molecule has 0 radical (unpaired) electrons. The highest BCUT2D eigenvalue weighted by molar-refractivity contribution is 8.26. The van der Waals surface area contributed by atoms with E-state index in [-0.39, 0.29) is 24.0 Å². The molecule has 1 N–H and O–H groups in total. The Bertz CT molecular complexity index is 1340. The van der Waals surface area contributed by atoms with Gasteiger partial charge in [-0.15, -0.1) is 0 Å². The molecule has 0 bridgehead atoms. The second-order valence-electron chi connectivity index (χ2n) is 8.02. The fourth-order valence-electron chi connectivity index (χ4n) is 3.54. The van der Waals surface area contributed by atoms with Gasteiger partial charge in [0.05, 0.1) is 11.5 Å². The van der Waals surface area contributed by atoms with E-state index in [0.29, 0.717) is 27.5 Å². The van der Waals surface area contributed by atoms with E-state index in [0.717, 1.165) is 28.3 Å². The third-order valence-electron chi connectivity index (χ3n) is 5.24. The number of benzene rings is 3. The largest absolute Gasteiger partial charge is 0.489 e. The molecule has 4 rings (SSSR count). The summed E-state index contributed by atoms with van der Waals surface area (Å²) in [6.07, 6.45) is 1.89. The first-order valence-corrected chi connectivity index (χ1v) is 12.4. The van der Waals surface area contributed by atoms with E-state index in [9.17, 15) is 18.4 Å². The molecule has 1 aliphatic rings. The number of halogens is 2. The van der Waals surface area contributed by atoms with Crippen LogP contribution in [-0.4, -0.2) is 39.4 Å². The van der Waals surface area contributed by atoms with Gasteiger partial charge in [-0.1, -0.05) is 60.4 Å². The Morgan fingerprint density at radius 3 is 2.41 bits per heavy atom. The van der Waals surface area contributed by atoms with Crippen molar-refractivity contribution in [2.75, 3.05) is 13.2 Å². The van der Waals surface area contributed by atoms with Gasteiger partial charge in [0.15, 0.2) is 11.5 Å². The number of amides is 1. The molecule has 1 saturated heterocycles. The molecule has 3 aromatic carbocycles. The highest BCUT2D eigenvalue weighted by Gasteiger charge is 2.33. The van der Waals surface area contributed by atoms with Crippen LogP contribution in [0.3, 0.4) is 0 Å².